The normalized spacial score (nSPS) is 10.9. The van der Waals surface area contributed by atoms with Crippen LogP contribution in [0.4, 0.5) is 5.69 Å². The van der Waals surface area contributed by atoms with Crippen LogP contribution in [0.3, 0.4) is 0 Å². The predicted molar refractivity (Wildman–Crippen MR) is 99.6 cm³/mol. The van der Waals surface area contributed by atoms with E-state index in [-0.39, 0.29) is 5.91 Å². The molecule has 118 valence electrons. The van der Waals surface area contributed by atoms with E-state index in [4.69, 9.17) is 0 Å². The van der Waals surface area contributed by atoms with E-state index >= 15 is 0 Å². The Morgan fingerprint density at radius 2 is 2.00 bits per heavy atom. The molecule has 0 saturated heterocycles. The van der Waals surface area contributed by atoms with Gasteiger partial charge in [-0.3, -0.25) is 4.79 Å². The summed E-state index contributed by atoms with van der Waals surface area (Å²) in [6.07, 6.45) is 0. The first kappa shape index (κ1) is 16.0. The van der Waals surface area contributed by atoms with E-state index in [1.54, 1.807) is 23.1 Å². The first-order valence-electron chi connectivity index (χ1n) is 7.38. The molecule has 0 fully saturated rings. The Morgan fingerprint density at radius 3 is 2.78 bits per heavy atom. The van der Waals surface area contributed by atoms with Crippen molar-refractivity contribution in [2.24, 2.45) is 0 Å². The number of carbonyl (C=O) groups is 1. The van der Waals surface area contributed by atoms with Gasteiger partial charge in [0.05, 0.1) is 21.0 Å². The lowest BCUT2D eigenvalue weighted by Gasteiger charge is -2.07. The lowest BCUT2D eigenvalue weighted by Crippen LogP contribution is -2.13. The molecule has 0 atom stereocenters. The van der Waals surface area contributed by atoms with Gasteiger partial charge in [0.1, 0.15) is 0 Å². The van der Waals surface area contributed by atoms with Crippen molar-refractivity contribution < 1.29 is 4.79 Å². The summed E-state index contributed by atoms with van der Waals surface area (Å²) in [7, 11) is 0. The van der Waals surface area contributed by atoms with Crippen LogP contribution in [-0.2, 0) is 4.79 Å². The summed E-state index contributed by atoms with van der Waals surface area (Å²) < 4.78 is 1.10. The lowest BCUT2D eigenvalue weighted by atomic mass is 10.2. The first-order valence-corrected chi connectivity index (χ1v) is 9.18. The van der Waals surface area contributed by atoms with Crippen molar-refractivity contribution >= 4 is 44.9 Å². The van der Waals surface area contributed by atoms with E-state index in [0.29, 0.717) is 5.75 Å². The van der Waals surface area contributed by atoms with Crippen molar-refractivity contribution in [3.8, 4) is 0 Å². The SMILES string of the molecule is Cc1ccc(SCC(=O)Nc2ccc3nc(C)sc3c2)c(C)c1. The number of carbonyl (C=O) groups excluding carboxylic acids is 1. The van der Waals surface area contributed by atoms with Crippen LogP contribution in [0, 0.1) is 20.8 Å². The van der Waals surface area contributed by atoms with Crippen LogP contribution < -0.4 is 5.32 Å². The van der Waals surface area contributed by atoms with Crippen LogP contribution in [0.1, 0.15) is 16.1 Å². The molecular weight excluding hydrogens is 324 g/mol. The fourth-order valence-corrected chi connectivity index (χ4v) is 4.10. The third kappa shape index (κ3) is 3.92. The van der Waals surface area contributed by atoms with Crippen molar-refractivity contribution in [3.05, 3.63) is 52.5 Å². The van der Waals surface area contributed by atoms with Gasteiger partial charge in [-0.15, -0.1) is 23.1 Å². The number of anilines is 1. The molecule has 1 N–H and O–H groups in total. The highest BCUT2D eigenvalue weighted by atomic mass is 32.2. The summed E-state index contributed by atoms with van der Waals surface area (Å²) in [6, 6.07) is 12.1. The number of hydrogen-bond acceptors (Lipinski definition) is 4. The maximum absolute atomic E-state index is 12.2. The van der Waals surface area contributed by atoms with Crippen LogP contribution in [0.25, 0.3) is 10.2 Å². The maximum atomic E-state index is 12.2. The largest absolute Gasteiger partial charge is 0.325 e. The highest BCUT2D eigenvalue weighted by Gasteiger charge is 2.07. The second kappa shape index (κ2) is 6.72. The molecule has 1 heterocycles. The molecule has 1 aromatic heterocycles. The van der Waals surface area contributed by atoms with Gasteiger partial charge < -0.3 is 5.32 Å². The zero-order valence-electron chi connectivity index (χ0n) is 13.3. The summed E-state index contributed by atoms with van der Waals surface area (Å²) >= 11 is 3.21. The monoisotopic (exact) mass is 342 g/mol. The maximum Gasteiger partial charge on any atom is 0.234 e. The average molecular weight is 342 g/mol. The number of aromatic nitrogens is 1. The number of amides is 1. The minimum absolute atomic E-state index is 0.00978. The summed E-state index contributed by atoms with van der Waals surface area (Å²) in [5, 5.41) is 4.00. The number of nitrogens with zero attached hydrogens (tertiary/aromatic N) is 1. The zero-order valence-corrected chi connectivity index (χ0v) is 15.0. The number of hydrogen-bond donors (Lipinski definition) is 1. The molecule has 0 unspecified atom stereocenters. The second-order valence-electron chi connectivity index (χ2n) is 5.52. The highest BCUT2D eigenvalue weighted by molar-refractivity contribution is 8.00. The van der Waals surface area contributed by atoms with Gasteiger partial charge in [0.2, 0.25) is 5.91 Å². The number of rotatable bonds is 4. The van der Waals surface area contributed by atoms with Crippen molar-refractivity contribution in [2.75, 3.05) is 11.1 Å². The van der Waals surface area contributed by atoms with Crippen LogP contribution >= 0.6 is 23.1 Å². The molecule has 3 aromatic rings. The van der Waals surface area contributed by atoms with Gasteiger partial charge in [0, 0.05) is 10.6 Å². The van der Waals surface area contributed by atoms with Gasteiger partial charge in [-0.25, -0.2) is 4.98 Å². The Bertz CT molecular complexity index is 871. The van der Waals surface area contributed by atoms with Crippen molar-refractivity contribution in [1.29, 1.82) is 0 Å². The third-order valence-electron chi connectivity index (χ3n) is 3.47. The Kier molecular flexibility index (Phi) is 4.68. The topological polar surface area (TPSA) is 42.0 Å². The number of thioether (sulfide) groups is 1. The summed E-state index contributed by atoms with van der Waals surface area (Å²) in [5.74, 6) is 0.416. The number of thiazole rings is 1. The number of aryl methyl sites for hydroxylation is 3. The Hall–Kier alpha value is -1.85. The number of nitrogens with one attached hydrogen (secondary N) is 1. The van der Waals surface area contributed by atoms with Crippen molar-refractivity contribution in [3.63, 3.8) is 0 Å². The highest BCUT2D eigenvalue weighted by Crippen LogP contribution is 2.26. The fourth-order valence-electron chi connectivity index (χ4n) is 2.42. The predicted octanol–water partition coefficient (Wildman–Crippen LogP) is 4.95. The molecule has 2 aromatic carbocycles. The second-order valence-corrected chi connectivity index (χ2v) is 7.77. The van der Waals surface area contributed by atoms with E-state index < -0.39 is 0 Å². The molecule has 5 heteroatoms. The molecule has 0 aliphatic rings. The molecular formula is C18H18N2OS2. The number of benzene rings is 2. The van der Waals surface area contributed by atoms with Gasteiger partial charge >= 0.3 is 0 Å². The lowest BCUT2D eigenvalue weighted by molar-refractivity contribution is -0.113. The fraction of sp³-hybridized carbons (Fsp3) is 0.222. The first-order chi connectivity index (χ1) is 11.0. The smallest absolute Gasteiger partial charge is 0.234 e. The van der Waals surface area contributed by atoms with Crippen molar-refractivity contribution in [1.82, 2.24) is 4.98 Å². The molecule has 1 amide bonds. The Balaban J connectivity index is 1.63. The van der Waals surface area contributed by atoms with E-state index in [1.165, 1.54) is 11.1 Å². The molecule has 0 aliphatic carbocycles. The molecule has 3 nitrogen and oxygen atoms in total. The molecule has 0 radical (unpaired) electrons. The van der Waals surface area contributed by atoms with Crippen LogP contribution in [-0.4, -0.2) is 16.6 Å². The minimum atomic E-state index is 0.00978. The minimum Gasteiger partial charge on any atom is -0.325 e. The Morgan fingerprint density at radius 1 is 1.17 bits per heavy atom. The van der Waals surface area contributed by atoms with Gasteiger partial charge in [-0.2, -0.15) is 0 Å². The van der Waals surface area contributed by atoms with Crippen LogP contribution in [0.15, 0.2) is 41.3 Å². The van der Waals surface area contributed by atoms with Gasteiger partial charge in [-0.1, -0.05) is 17.7 Å². The van der Waals surface area contributed by atoms with E-state index in [2.05, 4.69) is 42.3 Å². The van der Waals surface area contributed by atoms with E-state index in [0.717, 1.165) is 25.8 Å². The van der Waals surface area contributed by atoms with E-state index in [9.17, 15) is 4.79 Å². The van der Waals surface area contributed by atoms with Crippen molar-refractivity contribution in [2.45, 2.75) is 25.7 Å². The summed E-state index contributed by atoms with van der Waals surface area (Å²) in [4.78, 5) is 17.7. The molecule has 0 spiro atoms. The molecule has 3 rings (SSSR count). The third-order valence-corrected chi connectivity index (χ3v) is 5.58. The van der Waals surface area contributed by atoms with E-state index in [1.807, 2.05) is 25.1 Å². The van der Waals surface area contributed by atoms with Gasteiger partial charge in [0.15, 0.2) is 0 Å². The molecule has 0 bridgehead atoms. The quantitative estimate of drug-likeness (QED) is 0.682. The van der Waals surface area contributed by atoms with Crippen LogP contribution in [0.2, 0.25) is 0 Å². The molecule has 0 aliphatic heterocycles. The average Bonchev–Trinajstić information content (AvgIpc) is 2.85. The molecule has 0 saturated carbocycles. The van der Waals surface area contributed by atoms with Gasteiger partial charge in [-0.05, 0) is 50.6 Å². The zero-order chi connectivity index (χ0) is 16.4. The Labute approximate surface area is 144 Å². The molecule has 23 heavy (non-hydrogen) atoms. The van der Waals surface area contributed by atoms with Crippen LogP contribution in [0.5, 0.6) is 0 Å². The summed E-state index contributed by atoms with van der Waals surface area (Å²) in [5.41, 5.74) is 4.26. The standard InChI is InChI=1S/C18H18N2OS2/c1-11-4-7-16(12(2)8-11)22-10-18(21)20-14-5-6-15-17(9-14)23-13(3)19-15/h4-9H,10H2,1-3H3,(H,20,21). The number of fused-ring (bicyclic) bond motifs is 1. The summed E-state index contributed by atoms with van der Waals surface area (Å²) in [6.45, 7) is 6.14. The van der Waals surface area contributed by atoms with Gasteiger partial charge in [0.25, 0.3) is 0 Å².